The average Bonchev–Trinajstić information content (AvgIpc) is 2.49. The molecule has 0 radical (unpaired) electrons. The topological polar surface area (TPSA) is 95.4 Å². The van der Waals surface area contributed by atoms with E-state index in [-0.39, 0.29) is 18.4 Å². The summed E-state index contributed by atoms with van der Waals surface area (Å²) < 4.78 is 0. The van der Waals surface area contributed by atoms with Crippen LogP contribution in [0.15, 0.2) is 12.4 Å². The number of aliphatic carboxylic acids is 1. The van der Waals surface area contributed by atoms with Crippen LogP contribution in [0.3, 0.4) is 0 Å². The maximum atomic E-state index is 12.0. The van der Waals surface area contributed by atoms with Gasteiger partial charge in [-0.15, -0.1) is 0 Å². The van der Waals surface area contributed by atoms with E-state index < -0.39 is 5.97 Å². The Bertz CT molecular complexity index is 495. The minimum Gasteiger partial charge on any atom is -0.481 e. The highest BCUT2D eigenvalue weighted by Gasteiger charge is 2.26. The molecule has 2 N–H and O–H groups in total. The molecule has 114 valence electrons. The molecule has 0 aromatic carbocycles. The van der Waals surface area contributed by atoms with Crippen LogP contribution in [0.4, 0.5) is 0 Å². The summed E-state index contributed by atoms with van der Waals surface area (Å²) in [5, 5.41) is 12.0. The molecule has 0 atom stereocenters. The number of aromatic nitrogens is 2. The van der Waals surface area contributed by atoms with Gasteiger partial charge in [0.05, 0.1) is 23.9 Å². The third-order valence-corrected chi connectivity index (χ3v) is 3.61. The molecule has 0 spiro atoms. The molecule has 1 aromatic rings. The Balaban J connectivity index is 1.70. The highest BCUT2D eigenvalue weighted by atomic mass is 16.4. The standard InChI is InChI=1S/C14H20N4O3/c1-10-6-17-12(8-16-10)7-15-9-13(19)18-4-2-11(3-5-18)14(20)21/h6,8,11,15H,2-5,7,9H2,1H3,(H,20,21). The molecule has 0 unspecified atom stereocenters. The normalized spacial score (nSPS) is 16.0. The van der Waals surface area contributed by atoms with Crippen molar-refractivity contribution >= 4 is 11.9 Å². The molecule has 1 aliphatic heterocycles. The van der Waals surface area contributed by atoms with Crippen LogP contribution in [0.1, 0.15) is 24.2 Å². The fraction of sp³-hybridized carbons (Fsp3) is 0.571. The lowest BCUT2D eigenvalue weighted by Gasteiger charge is -2.30. The van der Waals surface area contributed by atoms with Gasteiger partial charge in [-0.3, -0.25) is 19.6 Å². The first-order chi connectivity index (χ1) is 10.1. The number of hydrogen-bond acceptors (Lipinski definition) is 5. The summed E-state index contributed by atoms with van der Waals surface area (Å²) in [6.07, 6.45) is 4.44. The minimum absolute atomic E-state index is 0.00101. The number of nitrogens with zero attached hydrogens (tertiary/aromatic N) is 3. The van der Waals surface area contributed by atoms with E-state index in [4.69, 9.17) is 5.11 Å². The Morgan fingerprint density at radius 1 is 1.33 bits per heavy atom. The first-order valence-electron chi connectivity index (χ1n) is 7.05. The lowest BCUT2D eigenvalue weighted by atomic mass is 9.97. The van der Waals surface area contributed by atoms with Crippen molar-refractivity contribution < 1.29 is 14.7 Å². The van der Waals surface area contributed by atoms with Crippen LogP contribution in [-0.4, -0.2) is 51.5 Å². The molecule has 0 aliphatic carbocycles. The van der Waals surface area contributed by atoms with Crippen LogP contribution in [0.2, 0.25) is 0 Å². The lowest BCUT2D eigenvalue weighted by Crippen LogP contribution is -2.44. The number of carbonyl (C=O) groups is 2. The van der Waals surface area contributed by atoms with Gasteiger partial charge in [0.25, 0.3) is 0 Å². The Morgan fingerprint density at radius 2 is 2.05 bits per heavy atom. The first-order valence-corrected chi connectivity index (χ1v) is 7.05. The molecule has 7 heteroatoms. The monoisotopic (exact) mass is 292 g/mol. The maximum Gasteiger partial charge on any atom is 0.306 e. The molecule has 2 rings (SSSR count). The fourth-order valence-electron chi connectivity index (χ4n) is 2.30. The highest BCUT2D eigenvalue weighted by molar-refractivity contribution is 5.78. The van der Waals surface area contributed by atoms with Gasteiger partial charge in [0, 0.05) is 32.0 Å². The maximum absolute atomic E-state index is 12.0. The van der Waals surface area contributed by atoms with E-state index in [9.17, 15) is 9.59 Å². The zero-order valence-corrected chi connectivity index (χ0v) is 12.1. The number of carboxylic acids is 1. The van der Waals surface area contributed by atoms with Crippen molar-refractivity contribution in [2.45, 2.75) is 26.3 Å². The molecule has 2 heterocycles. The Morgan fingerprint density at radius 3 is 2.62 bits per heavy atom. The third-order valence-electron chi connectivity index (χ3n) is 3.61. The predicted molar refractivity (Wildman–Crippen MR) is 75.4 cm³/mol. The van der Waals surface area contributed by atoms with Crippen LogP contribution in [0.25, 0.3) is 0 Å². The molecule has 1 saturated heterocycles. The largest absolute Gasteiger partial charge is 0.481 e. The van der Waals surface area contributed by atoms with Gasteiger partial charge in [-0.1, -0.05) is 0 Å². The SMILES string of the molecule is Cc1cnc(CNCC(=O)N2CCC(C(=O)O)CC2)cn1. The lowest BCUT2D eigenvalue weighted by molar-refractivity contribution is -0.145. The second-order valence-electron chi connectivity index (χ2n) is 5.25. The molecule has 0 bridgehead atoms. The summed E-state index contributed by atoms with van der Waals surface area (Å²) in [5.41, 5.74) is 1.65. The number of carbonyl (C=O) groups excluding carboxylic acids is 1. The molecule has 1 aromatic heterocycles. The molecule has 1 aliphatic rings. The number of rotatable bonds is 5. The van der Waals surface area contributed by atoms with Crippen molar-refractivity contribution in [1.82, 2.24) is 20.2 Å². The predicted octanol–water partition coefficient (Wildman–Crippen LogP) is 0.198. The number of piperidine rings is 1. The van der Waals surface area contributed by atoms with Crippen molar-refractivity contribution in [3.8, 4) is 0 Å². The highest BCUT2D eigenvalue weighted by Crippen LogP contribution is 2.17. The molecule has 21 heavy (non-hydrogen) atoms. The molecule has 1 amide bonds. The second-order valence-corrected chi connectivity index (χ2v) is 5.25. The summed E-state index contributed by atoms with van der Waals surface area (Å²) in [6.45, 7) is 3.62. The number of aryl methyl sites for hydroxylation is 1. The van der Waals surface area contributed by atoms with Gasteiger partial charge in [-0.25, -0.2) is 0 Å². The van der Waals surface area contributed by atoms with Crippen molar-refractivity contribution in [3.05, 3.63) is 23.8 Å². The van der Waals surface area contributed by atoms with Gasteiger partial charge >= 0.3 is 5.97 Å². The van der Waals surface area contributed by atoms with Gasteiger partial charge in [-0.2, -0.15) is 0 Å². The van der Waals surface area contributed by atoms with E-state index in [2.05, 4.69) is 15.3 Å². The Hall–Kier alpha value is -2.02. The summed E-state index contributed by atoms with van der Waals surface area (Å²) in [7, 11) is 0. The van der Waals surface area contributed by atoms with Crippen molar-refractivity contribution in [2.24, 2.45) is 5.92 Å². The molecular formula is C14H20N4O3. The summed E-state index contributed by atoms with van der Waals surface area (Å²) in [6, 6.07) is 0. The second kappa shape index (κ2) is 7.12. The number of carboxylic acid groups (broad SMARTS) is 1. The van der Waals surface area contributed by atoms with E-state index in [1.807, 2.05) is 6.92 Å². The third kappa shape index (κ3) is 4.49. The van der Waals surface area contributed by atoms with Gasteiger partial charge in [-0.05, 0) is 19.8 Å². The average molecular weight is 292 g/mol. The van der Waals surface area contributed by atoms with Crippen LogP contribution < -0.4 is 5.32 Å². The summed E-state index contributed by atoms with van der Waals surface area (Å²) in [5.74, 6) is -1.08. The van der Waals surface area contributed by atoms with E-state index in [0.717, 1.165) is 11.4 Å². The Labute approximate surface area is 123 Å². The molecule has 7 nitrogen and oxygen atoms in total. The van der Waals surface area contributed by atoms with Gasteiger partial charge in [0.2, 0.25) is 5.91 Å². The van der Waals surface area contributed by atoms with Crippen LogP contribution in [-0.2, 0) is 16.1 Å². The van der Waals surface area contributed by atoms with E-state index in [1.54, 1.807) is 17.3 Å². The molecule has 1 fully saturated rings. The number of likely N-dealkylation sites (tertiary alicyclic amines) is 1. The number of hydrogen-bond donors (Lipinski definition) is 2. The zero-order chi connectivity index (χ0) is 15.2. The van der Waals surface area contributed by atoms with Crippen LogP contribution >= 0.6 is 0 Å². The van der Waals surface area contributed by atoms with E-state index >= 15 is 0 Å². The smallest absolute Gasteiger partial charge is 0.306 e. The van der Waals surface area contributed by atoms with Crippen LogP contribution in [0.5, 0.6) is 0 Å². The van der Waals surface area contributed by atoms with E-state index in [0.29, 0.717) is 32.5 Å². The zero-order valence-electron chi connectivity index (χ0n) is 12.1. The van der Waals surface area contributed by atoms with Gasteiger partial charge in [0.15, 0.2) is 0 Å². The molecule has 0 saturated carbocycles. The van der Waals surface area contributed by atoms with Crippen molar-refractivity contribution in [3.63, 3.8) is 0 Å². The van der Waals surface area contributed by atoms with Crippen LogP contribution in [0, 0.1) is 12.8 Å². The minimum atomic E-state index is -0.766. The molecular weight excluding hydrogens is 272 g/mol. The number of amides is 1. The van der Waals surface area contributed by atoms with Gasteiger partial charge < -0.3 is 15.3 Å². The van der Waals surface area contributed by atoms with Crippen molar-refractivity contribution in [1.29, 1.82) is 0 Å². The van der Waals surface area contributed by atoms with Crippen molar-refractivity contribution in [2.75, 3.05) is 19.6 Å². The van der Waals surface area contributed by atoms with Gasteiger partial charge in [0.1, 0.15) is 0 Å². The summed E-state index contributed by atoms with van der Waals surface area (Å²) in [4.78, 5) is 32.9. The van der Waals surface area contributed by atoms with E-state index in [1.165, 1.54) is 0 Å². The Kier molecular flexibility index (Phi) is 5.21. The number of nitrogens with one attached hydrogen (secondary N) is 1. The summed E-state index contributed by atoms with van der Waals surface area (Å²) >= 11 is 0. The quantitative estimate of drug-likeness (QED) is 0.805. The first kappa shape index (κ1) is 15.4. The fourth-order valence-corrected chi connectivity index (χ4v) is 2.30.